The Hall–Kier alpha value is -5.76. The molecule has 0 atom stereocenters. The highest BCUT2D eigenvalue weighted by Crippen LogP contribution is 2.27. The second-order valence-electron chi connectivity index (χ2n) is 10.3. The first-order valence-electron chi connectivity index (χ1n) is 13.7. The number of aromatic nitrogens is 6. The standard InChI is InChI=1S/C34H24N6O2/c1-20-36-29-16-28-27(35-18-32(39-28)21-7-3-2-4-8-21)17-33(29)40(20)19-42-24-11-12-26-23(13-24)15-31(38-26)34(41)30-14-22-9-5-6-10-25(22)37-30/h2-18,37-38H,19H2,1H3. The topological polar surface area (TPSA) is 101 Å². The minimum Gasteiger partial charge on any atom is -0.473 e. The predicted molar refractivity (Wildman–Crippen MR) is 164 cm³/mol. The quantitative estimate of drug-likeness (QED) is 0.214. The first kappa shape index (κ1) is 24.1. The van der Waals surface area contributed by atoms with Crippen molar-refractivity contribution in [2.45, 2.75) is 13.7 Å². The first-order chi connectivity index (χ1) is 20.6. The first-order valence-corrected chi connectivity index (χ1v) is 13.7. The molecule has 4 aromatic heterocycles. The summed E-state index contributed by atoms with van der Waals surface area (Å²) in [5, 5.41) is 1.90. The molecular weight excluding hydrogens is 524 g/mol. The summed E-state index contributed by atoms with van der Waals surface area (Å²) in [6, 6.07) is 31.4. The van der Waals surface area contributed by atoms with Crippen LogP contribution in [0.4, 0.5) is 0 Å². The second kappa shape index (κ2) is 9.42. The number of carbonyl (C=O) groups is 1. The van der Waals surface area contributed by atoms with Gasteiger partial charge in [-0.1, -0.05) is 48.5 Å². The molecule has 0 spiro atoms. The average Bonchev–Trinajstić information content (AvgIpc) is 3.73. The van der Waals surface area contributed by atoms with Crippen LogP contribution in [0.25, 0.3) is 55.1 Å². The van der Waals surface area contributed by atoms with Crippen molar-refractivity contribution in [3.05, 3.63) is 120 Å². The van der Waals surface area contributed by atoms with E-state index in [9.17, 15) is 4.79 Å². The molecule has 8 aromatic rings. The number of aryl methyl sites for hydroxylation is 1. The van der Waals surface area contributed by atoms with Gasteiger partial charge in [-0.25, -0.2) is 9.97 Å². The number of H-pyrrole nitrogens is 2. The molecule has 0 radical (unpaired) electrons. The lowest BCUT2D eigenvalue weighted by Crippen LogP contribution is -2.07. The molecule has 0 fully saturated rings. The van der Waals surface area contributed by atoms with E-state index in [0.29, 0.717) is 17.1 Å². The summed E-state index contributed by atoms with van der Waals surface area (Å²) < 4.78 is 8.23. The molecule has 0 aliphatic heterocycles. The van der Waals surface area contributed by atoms with Crippen LogP contribution in [0.15, 0.2) is 103 Å². The number of ketones is 1. The average molecular weight is 549 g/mol. The maximum absolute atomic E-state index is 13.2. The van der Waals surface area contributed by atoms with E-state index in [4.69, 9.17) is 14.7 Å². The summed E-state index contributed by atoms with van der Waals surface area (Å²) in [7, 11) is 0. The Balaban J connectivity index is 1.06. The van der Waals surface area contributed by atoms with Gasteiger partial charge >= 0.3 is 0 Å². The predicted octanol–water partition coefficient (Wildman–Crippen LogP) is 7.19. The minimum absolute atomic E-state index is 0.0865. The van der Waals surface area contributed by atoms with Gasteiger partial charge in [-0.3, -0.25) is 14.3 Å². The Morgan fingerprint density at radius 1 is 0.762 bits per heavy atom. The number of carbonyl (C=O) groups excluding carboxylic acids is 1. The van der Waals surface area contributed by atoms with Gasteiger partial charge in [0, 0.05) is 27.4 Å². The SMILES string of the molecule is Cc1nc2cc3nc(-c4ccccc4)cnc3cc2n1COc1ccc2[nH]c(C(=O)c3cc4ccccc4[nH]3)cc2c1. The number of aromatic amines is 2. The lowest BCUT2D eigenvalue weighted by atomic mass is 10.1. The Kier molecular flexibility index (Phi) is 5.40. The Morgan fingerprint density at radius 2 is 1.52 bits per heavy atom. The van der Waals surface area contributed by atoms with Crippen molar-refractivity contribution < 1.29 is 9.53 Å². The van der Waals surface area contributed by atoms with Gasteiger partial charge in [-0.15, -0.1) is 0 Å². The number of ether oxygens (including phenoxy) is 1. The van der Waals surface area contributed by atoms with Crippen LogP contribution in [0.3, 0.4) is 0 Å². The third-order valence-electron chi connectivity index (χ3n) is 7.64. The fourth-order valence-electron chi connectivity index (χ4n) is 5.47. The summed E-state index contributed by atoms with van der Waals surface area (Å²) in [4.78, 5) is 33.9. The van der Waals surface area contributed by atoms with Crippen molar-refractivity contribution in [3.63, 3.8) is 0 Å². The van der Waals surface area contributed by atoms with Crippen molar-refractivity contribution in [2.24, 2.45) is 0 Å². The maximum atomic E-state index is 13.2. The van der Waals surface area contributed by atoms with Gasteiger partial charge < -0.3 is 14.7 Å². The van der Waals surface area contributed by atoms with Crippen molar-refractivity contribution in [3.8, 4) is 17.0 Å². The molecule has 4 heterocycles. The van der Waals surface area contributed by atoms with E-state index in [-0.39, 0.29) is 12.5 Å². The van der Waals surface area contributed by atoms with Crippen LogP contribution in [-0.2, 0) is 6.73 Å². The Morgan fingerprint density at radius 3 is 2.36 bits per heavy atom. The van der Waals surface area contributed by atoms with E-state index in [2.05, 4.69) is 15.0 Å². The van der Waals surface area contributed by atoms with Crippen LogP contribution in [0, 0.1) is 6.92 Å². The molecule has 202 valence electrons. The number of hydrogen-bond acceptors (Lipinski definition) is 5. The van der Waals surface area contributed by atoms with E-state index >= 15 is 0 Å². The van der Waals surface area contributed by atoms with Crippen LogP contribution in [0.1, 0.15) is 22.0 Å². The summed E-state index contributed by atoms with van der Waals surface area (Å²) in [6.07, 6.45) is 1.80. The van der Waals surface area contributed by atoms with Crippen molar-refractivity contribution >= 4 is 49.7 Å². The van der Waals surface area contributed by atoms with Gasteiger partial charge in [0.15, 0.2) is 6.73 Å². The van der Waals surface area contributed by atoms with Gasteiger partial charge in [-0.05, 0) is 55.5 Å². The zero-order valence-electron chi connectivity index (χ0n) is 22.6. The van der Waals surface area contributed by atoms with Gasteiger partial charge in [0.1, 0.15) is 11.6 Å². The molecule has 42 heavy (non-hydrogen) atoms. The number of para-hydroxylation sites is 1. The van der Waals surface area contributed by atoms with E-state index in [1.54, 1.807) is 6.20 Å². The fraction of sp³-hybridized carbons (Fsp3) is 0.0588. The zero-order valence-corrected chi connectivity index (χ0v) is 22.6. The number of hydrogen-bond donors (Lipinski definition) is 2. The highest BCUT2D eigenvalue weighted by Gasteiger charge is 2.16. The van der Waals surface area contributed by atoms with Crippen LogP contribution in [0.2, 0.25) is 0 Å². The molecule has 2 N–H and O–H groups in total. The number of rotatable bonds is 6. The number of fused-ring (bicyclic) bond motifs is 4. The smallest absolute Gasteiger partial charge is 0.225 e. The highest BCUT2D eigenvalue weighted by atomic mass is 16.5. The minimum atomic E-state index is -0.0865. The third kappa shape index (κ3) is 4.08. The summed E-state index contributed by atoms with van der Waals surface area (Å²) in [5.74, 6) is 1.44. The number of nitrogens with one attached hydrogen (secondary N) is 2. The molecule has 0 amide bonds. The third-order valence-corrected chi connectivity index (χ3v) is 7.64. The summed E-state index contributed by atoms with van der Waals surface area (Å²) in [5.41, 5.74) is 8.08. The molecule has 0 aliphatic carbocycles. The van der Waals surface area contributed by atoms with Crippen LogP contribution >= 0.6 is 0 Å². The van der Waals surface area contributed by atoms with E-state index in [0.717, 1.165) is 61.0 Å². The molecule has 0 bridgehead atoms. The number of imidazole rings is 1. The zero-order chi connectivity index (χ0) is 28.2. The van der Waals surface area contributed by atoms with Gasteiger partial charge in [-0.2, -0.15) is 0 Å². The normalized spacial score (nSPS) is 11.6. The molecule has 8 rings (SSSR count). The lowest BCUT2D eigenvalue weighted by molar-refractivity contribution is 0.103. The molecule has 0 unspecified atom stereocenters. The van der Waals surface area contributed by atoms with Crippen molar-refractivity contribution in [1.82, 2.24) is 29.5 Å². The summed E-state index contributed by atoms with van der Waals surface area (Å²) in [6.45, 7) is 2.24. The molecule has 0 aliphatic rings. The molecular formula is C34H24N6O2. The monoisotopic (exact) mass is 548 g/mol. The Bertz CT molecular complexity index is 2260. The van der Waals surface area contributed by atoms with Crippen LogP contribution in [-0.4, -0.2) is 35.3 Å². The molecule has 8 heteroatoms. The maximum Gasteiger partial charge on any atom is 0.225 e. The van der Waals surface area contributed by atoms with Crippen LogP contribution < -0.4 is 4.74 Å². The van der Waals surface area contributed by atoms with E-state index in [1.807, 2.05) is 109 Å². The molecule has 0 saturated carbocycles. The fourth-order valence-corrected chi connectivity index (χ4v) is 5.47. The van der Waals surface area contributed by atoms with Crippen molar-refractivity contribution in [1.29, 1.82) is 0 Å². The van der Waals surface area contributed by atoms with Gasteiger partial charge in [0.2, 0.25) is 5.78 Å². The van der Waals surface area contributed by atoms with Gasteiger partial charge in [0.05, 0.1) is 45.3 Å². The van der Waals surface area contributed by atoms with E-state index < -0.39 is 0 Å². The lowest BCUT2D eigenvalue weighted by Gasteiger charge is -2.10. The Labute approximate surface area is 239 Å². The van der Waals surface area contributed by atoms with Crippen LogP contribution in [0.5, 0.6) is 5.75 Å². The molecule has 4 aromatic carbocycles. The molecule has 8 nitrogen and oxygen atoms in total. The molecule has 0 saturated heterocycles. The number of benzene rings is 4. The second-order valence-corrected chi connectivity index (χ2v) is 10.3. The largest absolute Gasteiger partial charge is 0.473 e. The van der Waals surface area contributed by atoms with E-state index in [1.165, 1.54) is 0 Å². The highest BCUT2D eigenvalue weighted by molar-refractivity contribution is 6.11. The van der Waals surface area contributed by atoms with Crippen molar-refractivity contribution in [2.75, 3.05) is 0 Å². The van der Waals surface area contributed by atoms with Gasteiger partial charge in [0.25, 0.3) is 0 Å². The summed E-state index contributed by atoms with van der Waals surface area (Å²) >= 11 is 0. The number of nitrogens with zero attached hydrogens (tertiary/aromatic N) is 4.